The molecule has 2 rings (SSSR count). The van der Waals surface area contributed by atoms with E-state index in [1.165, 1.54) is 7.11 Å². The predicted octanol–water partition coefficient (Wildman–Crippen LogP) is 2.59. The molecular formula is C15H14N2O4. The summed E-state index contributed by atoms with van der Waals surface area (Å²) >= 11 is 0. The van der Waals surface area contributed by atoms with Crippen molar-refractivity contribution in [3.05, 3.63) is 53.6 Å². The second-order valence-corrected chi connectivity index (χ2v) is 4.27. The Labute approximate surface area is 121 Å². The van der Waals surface area contributed by atoms with E-state index in [9.17, 15) is 14.7 Å². The van der Waals surface area contributed by atoms with Gasteiger partial charge in [0, 0.05) is 11.6 Å². The molecule has 1 amide bonds. The average Bonchev–Trinajstić information content (AvgIpc) is 2.53. The van der Waals surface area contributed by atoms with E-state index in [1.807, 2.05) is 0 Å². The van der Waals surface area contributed by atoms with Gasteiger partial charge >= 0.3 is 6.09 Å². The molecule has 6 heteroatoms. The second kappa shape index (κ2) is 6.51. The zero-order chi connectivity index (χ0) is 15.2. The van der Waals surface area contributed by atoms with E-state index in [4.69, 9.17) is 4.74 Å². The molecule has 0 spiro atoms. The molecule has 0 saturated heterocycles. The molecule has 1 N–H and O–H groups in total. The number of benzene rings is 1. The molecule has 0 unspecified atom stereocenters. The van der Waals surface area contributed by atoms with Gasteiger partial charge in [-0.3, -0.25) is 9.69 Å². The van der Waals surface area contributed by atoms with Gasteiger partial charge in [-0.2, -0.15) is 4.98 Å². The smallest absolute Gasteiger partial charge is 0.413 e. The monoisotopic (exact) mass is 286 g/mol. The predicted molar refractivity (Wildman–Crippen MR) is 76.8 cm³/mol. The van der Waals surface area contributed by atoms with Crippen LogP contribution in [0.15, 0.2) is 42.5 Å². The Morgan fingerprint density at radius 1 is 1.29 bits per heavy atom. The van der Waals surface area contributed by atoms with Crippen molar-refractivity contribution in [2.75, 3.05) is 12.0 Å². The van der Waals surface area contributed by atoms with Crippen molar-refractivity contribution in [3.63, 3.8) is 0 Å². The van der Waals surface area contributed by atoms with Crippen LogP contribution in [0.4, 0.5) is 10.6 Å². The SMILES string of the molecule is COc1cccc(N(Cc2ccc(C=O)cc2)C(=O)O)n1. The highest BCUT2D eigenvalue weighted by Crippen LogP contribution is 2.18. The first-order valence-corrected chi connectivity index (χ1v) is 6.19. The number of ether oxygens (including phenoxy) is 1. The molecule has 0 atom stereocenters. The van der Waals surface area contributed by atoms with Gasteiger partial charge in [0.05, 0.1) is 13.7 Å². The minimum Gasteiger partial charge on any atom is -0.481 e. The standard InChI is InChI=1S/C15H14N2O4/c1-21-14-4-2-3-13(16-14)17(15(19)20)9-11-5-7-12(10-18)8-6-11/h2-8,10H,9H2,1H3,(H,19,20). The summed E-state index contributed by atoms with van der Waals surface area (Å²) in [5.74, 6) is 0.622. The van der Waals surface area contributed by atoms with Crippen LogP contribution in [0.1, 0.15) is 15.9 Å². The largest absolute Gasteiger partial charge is 0.481 e. The van der Waals surface area contributed by atoms with Crippen molar-refractivity contribution in [2.24, 2.45) is 0 Å². The topological polar surface area (TPSA) is 79.7 Å². The first-order chi connectivity index (χ1) is 10.1. The van der Waals surface area contributed by atoms with Crippen LogP contribution in [0, 0.1) is 0 Å². The van der Waals surface area contributed by atoms with Gasteiger partial charge in [-0.05, 0) is 11.6 Å². The molecular weight excluding hydrogens is 272 g/mol. The number of pyridine rings is 1. The lowest BCUT2D eigenvalue weighted by atomic mass is 10.1. The zero-order valence-electron chi connectivity index (χ0n) is 11.4. The Balaban J connectivity index is 2.25. The fourth-order valence-corrected chi connectivity index (χ4v) is 1.80. The Bertz CT molecular complexity index is 640. The third kappa shape index (κ3) is 3.56. The Morgan fingerprint density at radius 3 is 2.57 bits per heavy atom. The molecule has 0 aliphatic carbocycles. The number of rotatable bonds is 5. The molecule has 2 aromatic rings. The zero-order valence-corrected chi connectivity index (χ0v) is 11.4. The summed E-state index contributed by atoms with van der Waals surface area (Å²) in [5, 5.41) is 9.34. The molecule has 6 nitrogen and oxygen atoms in total. The molecule has 108 valence electrons. The summed E-state index contributed by atoms with van der Waals surface area (Å²) in [6, 6.07) is 11.6. The van der Waals surface area contributed by atoms with Gasteiger partial charge in [-0.1, -0.05) is 30.3 Å². The molecule has 1 aromatic carbocycles. The first-order valence-electron chi connectivity index (χ1n) is 6.19. The second-order valence-electron chi connectivity index (χ2n) is 4.27. The van der Waals surface area contributed by atoms with Crippen LogP contribution in [0.25, 0.3) is 0 Å². The number of aldehydes is 1. The van der Waals surface area contributed by atoms with E-state index in [0.29, 0.717) is 11.4 Å². The lowest BCUT2D eigenvalue weighted by Gasteiger charge is -2.18. The highest BCUT2D eigenvalue weighted by atomic mass is 16.5. The molecule has 1 aromatic heterocycles. The van der Waals surface area contributed by atoms with E-state index in [-0.39, 0.29) is 12.4 Å². The number of aromatic nitrogens is 1. The number of hydrogen-bond donors (Lipinski definition) is 1. The van der Waals surface area contributed by atoms with Crippen LogP contribution < -0.4 is 9.64 Å². The number of carbonyl (C=O) groups excluding carboxylic acids is 1. The van der Waals surface area contributed by atoms with Crippen LogP contribution in [0.2, 0.25) is 0 Å². The number of hydrogen-bond acceptors (Lipinski definition) is 4. The fraction of sp³-hybridized carbons (Fsp3) is 0.133. The van der Waals surface area contributed by atoms with Gasteiger partial charge < -0.3 is 9.84 Å². The lowest BCUT2D eigenvalue weighted by Crippen LogP contribution is -2.29. The summed E-state index contributed by atoms with van der Waals surface area (Å²) in [4.78, 5) is 27.2. The summed E-state index contributed by atoms with van der Waals surface area (Å²) in [7, 11) is 1.47. The highest BCUT2D eigenvalue weighted by Gasteiger charge is 2.16. The number of carboxylic acid groups (broad SMARTS) is 1. The van der Waals surface area contributed by atoms with Gasteiger partial charge in [0.25, 0.3) is 0 Å². The minimum atomic E-state index is -1.12. The van der Waals surface area contributed by atoms with Crippen molar-refractivity contribution < 1.29 is 19.4 Å². The van der Waals surface area contributed by atoms with E-state index in [1.54, 1.807) is 42.5 Å². The van der Waals surface area contributed by atoms with Crippen LogP contribution in [0.3, 0.4) is 0 Å². The van der Waals surface area contributed by atoms with Crippen molar-refractivity contribution in [1.82, 2.24) is 4.98 Å². The Kier molecular flexibility index (Phi) is 4.50. The Morgan fingerprint density at radius 2 is 2.00 bits per heavy atom. The van der Waals surface area contributed by atoms with Gasteiger partial charge in [-0.25, -0.2) is 4.79 Å². The molecule has 0 fully saturated rings. The van der Waals surface area contributed by atoms with Crippen LogP contribution in [-0.4, -0.2) is 29.6 Å². The van der Waals surface area contributed by atoms with Crippen molar-refractivity contribution in [1.29, 1.82) is 0 Å². The van der Waals surface area contributed by atoms with Crippen LogP contribution in [-0.2, 0) is 6.54 Å². The molecule has 0 radical (unpaired) electrons. The average molecular weight is 286 g/mol. The normalized spacial score (nSPS) is 9.95. The molecule has 0 aliphatic heterocycles. The van der Waals surface area contributed by atoms with Crippen molar-refractivity contribution in [3.8, 4) is 5.88 Å². The van der Waals surface area contributed by atoms with Crippen LogP contribution in [0.5, 0.6) is 5.88 Å². The molecule has 0 aliphatic rings. The third-order valence-corrected chi connectivity index (χ3v) is 2.88. The summed E-state index contributed by atoms with van der Waals surface area (Å²) in [5.41, 5.74) is 1.30. The molecule has 0 bridgehead atoms. The number of carbonyl (C=O) groups is 2. The number of methoxy groups -OCH3 is 1. The maximum absolute atomic E-state index is 11.4. The number of nitrogens with zero attached hydrogens (tertiary/aromatic N) is 2. The van der Waals surface area contributed by atoms with Crippen molar-refractivity contribution in [2.45, 2.75) is 6.54 Å². The quantitative estimate of drug-likeness (QED) is 0.854. The van der Waals surface area contributed by atoms with E-state index >= 15 is 0 Å². The molecule has 0 saturated carbocycles. The lowest BCUT2D eigenvalue weighted by molar-refractivity contribution is 0.112. The van der Waals surface area contributed by atoms with Gasteiger partial charge in [0.1, 0.15) is 12.1 Å². The van der Waals surface area contributed by atoms with Gasteiger partial charge in [-0.15, -0.1) is 0 Å². The van der Waals surface area contributed by atoms with E-state index in [0.717, 1.165) is 16.7 Å². The minimum absolute atomic E-state index is 0.134. The van der Waals surface area contributed by atoms with E-state index < -0.39 is 6.09 Å². The maximum atomic E-state index is 11.4. The van der Waals surface area contributed by atoms with Crippen molar-refractivity contribution >= 4 is 18.2 Å². The Hall–Kier alpha value is -2.89. The first kappa shape index (κ1) is 14.5. The fourth-order valence-electron chi connectivity index (χ4n) is 1.80. The maximum Gasteiger partial charge on any atom is 0.413 e. The summed E-state index contributed by atoms with van der Waals surface area (Å²) < 4.78 is 5.00. The van der Waals surface area contributed by atoms with Gasteiger partial charge in [0.15, 0.2) is 0 Å². The number of amides is 1. The van der Waals surface area contributed by atoms with Crippen LogP contribution >= 0.6 is 0 Å². The highest BCUT2D eigenvalue weighted by molar-refractivity contribution is 5.84. The summed E-state index contributed by atoms with van der Waals surface area (Å²) in [6.45, 7) is 0.134. The van der Waals surface area contributed by atoms with Gasteiger partial charge in [0.2, 0.25) is 5.88 Å². The third-order valence-electron chi connectivity index (χ3n) is 2.88. The summed E-state index contributed by atoms with van der Waals surface area (Å²) in [6.07, 6.45) is -0.377. The van der Waals surface area contributed by atoms with E-state index in [2.05, 4.69) is 4.98 Å². The number of anilines is 1. The molecule has 1 heterocycles. The molecule has 21 heavy (non-hydrogen) atoms.